The molecule has 1 aliphatic carbocycles. The van der Waals surface area contributed by atoms with Crippen LogP contribution in [0.1, 0.15) is 37.4 Å². The fourth-order valence-corrected chi connectivity index (χ4v) is 4.45. The SMILES string of the molecule is C=C/C(=C\N=CC)CN1CCc2cnc(N3CCN(C4CCC4)CC3)nc2CC1. The summed E-state index contributed by atoms with van der Waals surface area (Å²) >= 11 is 0. The molecule has 0 unspecified atom stereocenters. The van der Waals surface area contributed by atoms with Crippen molar-refractivity contribution in [2.24, 2.45) is 4.99 Å². The van der Waals surface area contributed by atoms with Crippen LogP contribution in [-0.2, 0) is 12.8 Å². The molecule has 1 saturated heterocycles. The zero-order valence-corrected chi connectivity index (χ0v) is 17.8. The Hall–Kier alpha value is -2.05. The Labute approximate surface area is 175 Å². The maximum absolute atomic E-state index is 5.00. The van der Waals surface area contributed by atoms with Gasteiger partial charge in [-0.2, -0.15) is 0 Å². The molecular weight excluding hydrogens is 360 g/mol. The molecule has 2 aliphatic heterocycles. The van der Waals surface area contributed by atoms with Crippen LogP contribution in [0.2, 0.25) is 0 Å². The number of nitrogens with zero attached hydrogens (tertiary/aromatic N) is 6. The standard InChI is InChI=1S/C23H34N6/c1-3-19(16-24-4-2)18-27-10-8-20-17-25-23(26-22(20)9-11-27)29-14-12-28(13-15-29)21-6-5-7-21/h3-4,16-17,21H,1,5-15,18H2,2H3/b19-16+,24-4?. The highest BCUT2D eigenvalue weighted by Crippen LogP contribution is 2.26. The third-order valence-corrected chi connectivity index (χ3v) is 6.55. The first-order chi connectivity index (χ1) is 14.3. The second kappa shape index (κ2) is 9.63. The number of rotatable bonds is 6. The van der Waals surface area contributed by atoms with E-state index in [2.05, 4.69) is 32.5 Å². The molecule has 1 aromatic heterocycles. The van der Waals surface area contributed by atoms with Gasteiger partial charge in [0, 0.05) is 76.9 Å². The van der Waals surface area contributed by atoms with E-state index in [4.69, 9.17) is 9.97 Å². The molecule has 0 atom stereocenters. The Morgan fingerprint density at radius 3 is 2.66 bits per heavy atom. The van der Waals surface area contributed by atoms with Crippen molar-refractivity contribution in [1.82, 2.24) is 19.8 Å². The summed E-state index contributed by atoms with van der Waals surface area (Å²) in [6.07, 6.45) is 13.9. The van der Waals surface area contributed by atoms with Gasteiger partial charge in [-0.15, -0.1) is 0 Å². The summed E-state index contributed by atoms with van der Waals surface area (Å²) in [5.41, 5.74) is 3.69. The van der Waals surface area contributed by atoms with E-state index in [1.54, 1.807) is 0 Å². The van der Waals surface area contributed by atoms with Crippen LogP contribution in [0.3, 0.4) is 0 Å². The Bertz CT molecular complexity index is 759. The third kappa shape index (κ3) is 4.93. The summed E-state index contributed by atoms with van der Waals surface area (Å²) in [5, 5.41) is 0. The topological polar surface area (TPSA) is 47.9 Å². The lowest BCUT2D eigenvalue weighted by Crippen LogP contribution is -2.52. The van der Waals surface area contributed by atoms with Gasteiger partial charge in [-0.3, -0.25) is 14.8 Å². The zero-order valence-electron chi connectivity index (χ0n) is 17.8. The van der Waals surface area contributed by atoms with E-state index in [9.17, 15) is 0 Å². The van der Waals surface area contributed by atoms with Crippen molar-refractivity contribution in [1.29, 1.82) is 0 Å². The molecule has 0 aromatic carbocycles. The van der Waals surface area contributed by atoms with E-state index in [1.165, 1.54) is 30.5 Å². The first-order valence-corrected chi connectivity index (χ1v) is 11.1. The fraction of sp³-hybridized carbons (Fsp3) is 0.609. The van der Waals surface area contributed by atoms with Crippen LogP contribution in [0.4, 0.5) is 5.95 Å². The average molecular weight is 395 g/mol. The maximum Gasteiger partial charge on any atom is 0.225 e. The number of hydrogen-bond donors (Lipinski definition) is 0. The molecule has 156 valence electrons. The molecule has 0 radical (unpaired) electrons. The summed E-state index contributed by atoms with van der Waals surface area (Å²) in [4.78, 5) is 21.5. The van der Waals surface area contributed by atoms with Gasteiger partial charge in [0.2, 0.25) is 5.95 Å². The van der Waals surface area contributed by atoms with E-state index >= 15 is 0 Å². The van der Waals surface area contributed by atoms with Crippen molar-refractivity contribution in [3.05, 3.63) is 41.9 Å². The Morgan fingerprint density at radius 2 is 1.97 bits per heavy atom. The minimum atomic E-state index is 0.841. The minimum Gasteiger partial charge on any atom is -0.338 e. The highest BCUT2D eigenvalue weighted by Gasteiger charge is 2.29. The van der Waals surface area contributed by atoms with Gasteiger partial charge in [-0.1, -0.05) is 19.1 Å². The molecule has 0 N–H and O–H groups in total. The number of piperazine rings is 1. The Morgan fingerprint density at radius 1 is 1.17 bits per heavy atom. The van der Waals surface area contributed by atoms with Crippen molar-refractivity contribution >= 4 is 12.2 Å². The second-order valence-electron chi connectivity index (χ2n) is 8.34. The monoisotopic (exact) mass is 394 g/mol. The van der Waals surface area contributed by atoms with Crippen LogP contribution in [0.25, 0.3) is 0 Å². The van der Waals surface area contributed by atoms with E-state index < -0.39 is 0 Å². The normalized spacial score (nSPS) is 22.4. The van der Waals surface area contributed by atoms with Gasteiger partial charge in [0.15, 0.2) is 0 Å². The lowest BCUT2D eigenvalue weighted by atomic mass is 9.91. The van der Waals surface area contributed by atoms with Crippen LogP contribution >= 0.6 is 0 Å². The number of anilines is 1. The van der Waals surface area contributed by atoms with Gasteiger partial charge < -0.3 is 4.90 Å². The molecule has 4 rings (SSSR count). The van der Waals surface area contributed by atoms with Crippen molar-refractivity contribution in [2.75, 3.05) is 50.7 Å². The molecule has 0 amide bonds. The van der Waals surface area contributed by atoms with Crippen molar-refractivity contribution in [3.8, 4) is 0 Å². The molecule has 0 spiro atoms. The Kier molecular flexibility index (Phi) is 6.72. The van der Waals surface area contributed by atoms with Gasteiger partial charge >= 0.3 is 0 Å². The molecule has 6 heteroatoms. The summed E-state index contributed by atoms with van der Waals surface area (Å²) in [6, 6.07) is 0.841. The highest BCUT2D eigenvalue weighted by atomic mass is 15.3. The first kappa shape index (κ1) is 20.2. The van der Waals surface area contributed by atoms with Crippen molar-refractivity contribution in [2.45, 2.75) is 45.1 Å². The number of aromatic nitrogens is 2. The quantitative estimate of drug-likeness (QED) is 0.548. The smallest absolute Gasteiger partial charge is 0.225 e. The molecule has 1 aromatic rings. The summed E-state index contributed by atoms with van der Waals surface area (Å²) in [6.45, 7) is 13.2. The first-order valence-electron chi connectivity index (χ1n) is 11.1. The van der Waals surface area contributed by atoms with Gasteiger partial charge in [0.25, 0.3) is 0 Å². The molecule has 0 bridgehead atoms. The van der Waals surface area contributed by atoms with Crippen LogP contribution in [0.15, 0.2) is 35.6 Å². The molecule has 6 nitrogen and oxygen atoms in total. The second-order valence-corrected chi connectivity index (χ2v) is 8.34. The summed E-state index contributed by atoms with van der Waals surface area (Å²) in [7, 11) is 0. The van der Waals surface area contributed by atoms with E-state index in [0.29, 0.717) is 0 Å². The van der Waals surface area contributed by atoms with Gasteiger partial charge in [-0.25, -0.2) is 9.97 Å². The van der Waals surface area contributed by atoms with Crippen molar-refractivity contribution < 1.29 is 0 Å². The van der Waals surface area contributed by atoms with Crippen LogP contribution in [0, 0.1) is 0 Å². The fourth-order valence-electron chi connectivity index (χ4n) is 4.45. The molecule has 2 fully saturated rings. The molecular formula is C23H34N6. The largest absolute Gasteiger partial charge is 0.338 e. The van der Waals surface area contributed by atoms with Crippen LogP contribution in [0.5, 0.6) is 0 Å². The average Bonchev–Trinajstić information content (AvgIpc) is 2.92. The predicted octanol–water partition coefficient (Wildman–Crippen LogP) is 2.71. The minimum absolute atomic E-state index is 0.841. The lowest BCUT2D eigenvalue weighted by Gasteiger charge is -2.43. The maximum atomic E-state index is 5.00. The van der Waals surface area contributed by atoms with Gasteiger partial charge in [0.05, 0.1) is 5.69 Å². The predicted molar refractivity (Wildman–Crippen MR) is 120 cm³/mol. The summed E-state index contributed by atoms with van der Waals surface area (Å²) < 4.78 is 0. The number of hydrogen-bond acceptors (Lipinski definition) is 6. The lowest BCUT2D eigenvalue weighted by molar-refractivity contribution is 0.120. The van der Waals surface area contributed by atoms with E-state index in [1.807, 2.05) is 25.4 Å². The molecule has 3 aliphatic rings. The van der Waals surface area contributed by atoms with Gasteiger partial charge in [-0.05, 0) is 37.3 Å². The van der Waals surface area contributed by atoms with Crippen molar-refractivity contribution in [3.63, 3.8) is 0 Å². The molecule has 29 heavy (non-hydrogen) atoms. The molecule has 1 saturated carbocycles. The van der Waals surface area contributed by atoms with E-state index in [-0.39, 0.29) is 0 Å². The summed E-state index contributed by atoms with van der Waals surface area (Å²) in [5.74, 6) is 0.925. The van der Waals surface area contributed by atoms with E-state index in [0.717, 1.165) is 76.2 Å². The van der Waals surface area contributed by atoms with Gasteiger partial charge in [0.1, 0.15) is 0 Å². The Balaban J connectivity index is 1.36. The zero-order chi connectivity index (χ0) is 20.1. The van der Waals surface area contributed by atoms with Crippen LogP contribution < -0.4 is 4.90 Å². The number of aliphatic imine (C=N–C) groups is 1. The third-order valence-electron chi connectivity index (χ3n) is 6.55. The number of fused-ring (bicyclic) bond motifs is 1. The van der Waals surface area contributed by atoms with Crippen LogP contribution in [-0.4, -0.2) is 77.8 Å². The molecule has 3 heterocycles. The highest BCUT2D eigenvalue weighted by molar-refractivity contribution is 5.54.